The lowest BCUT2D eigenvalue weighted by atomic mass is 10.0. The summed E-state index contributed by atoms with van der Waals surface area (Å²) < 4.78 is 7.33. The number of carbonyl (C=O) groups excluding carboxylic acids is 1. The molecular weight excluding hydrogens is 352 g/mol. The van der Waals surface area contributed by atoms with Crippen molar-refractivity contribution >= 4 is 17.1 Å². The van der Waals surface area contributed by atoms with E-state index in [1.165, 1.54) is 0 Å². The van der Waals surface area contributed by atoms with E-state index in [0.29, 0.717) is 12.3 Å². The highest BCUT2D eigenvalue weighted by molar-refractivity contribution is 5.76. The Bertz CT molecular complexity index is 982. The van der Waals surface area contributed by atoms with Crippen molar-refractivity contribution < 1.29 is 9.53 Å². The molecule has 1 aliphatic heterocycles. The lowest BCUT2D eigenvalue weighted by Gasteiger charge is -2.16. The summed E-state index contributed by atoms with van der Waals surface area (Å²) in [6.45, 7) is 1.65. The highest BCUT2D eigenvalue weighted by Crippen LogP contribution is 2.23. The van der Waals surface area contributed by atoms with Crippen LogP contribution in [0, 0.1) is 5.92 Å². The quantitative estimate of drug-likeness (QED) is 0.662. The average molecular weight is 378 g/mol. The van der Waals surface area contributed by atoms with Crippen molar-refractivity contribution in [1.29, 1.82) is 0 Å². The van der Waals surface area contributed by atoms with Gasteiger partial charge in [0.1, 0.15) is 17.1 Å². The van der Waals surface area contributed by atoms with Crippen LogP contribution in [0.5, 0.6) is 5.75 Å². The number of rotatable bonds is 6. The standard InChI is InChI=1S/C22H26N4O2/c1-25-20(24-19-7-4-11-23-22(19)25)14-17-10-12-26(15-17)21(27)9-8-16-5-3-6-18(13-16)28-2/h3-7,11,13,17H,8-10,12,14-15H2,1-2H3. The molecule has 2 aromatic heterocycles. The van der Waals surface area contributed by atoms with Gasteiger partial charge < -0.3 is 14.2 Å². The molecule has 1 saturated heterocycles. The Hall–Kier alpha value is -2.89. The van der Waals surface area contributed by atoms with Crippen molar-refractivity contribution in [3.8, 4) is 5.75 Å². The van der Waals surface area contributed by atoms with Crippen LogP contribution >= 0.6 is 0 Å². The molecule has 6 nitrogen and oxygen atoms in total. The van der Waals surface area contributed by atoms with E-state index in [4.69, 9.17) is 9.72 Å². The van der Waals surface area contributed by atoms with Crippen molar-refractivity contribution in [3.63, 3.8) is 0 Å². The van der Waals surface area contributed by atoms with Gasteiger partial charge in [0.25, 0.3) is 0 Å². The van der Waals surface area contributed by atoms with Gasteiger partial charge in [-0.15, -0.1) is 0 Å². The Labute approximate surface area is 165 Å². The first-order valence-corrected chi connectivity index (χ1v) is 9.81. The normalized spacial score (nSPS) is 16.6. The summed E-state index contributed by atoms with van der Waals surface area (Å²) >= 11 is 0. The minimum atomic E-state index is 0.233. The van der Waals surface area contributed by atoms with E-state index in [0.717, 1.165) is 60.7 Å². The fourth-order valence-corrected chi connectivity index (χ4v) is 3.97. The molecule has 1 fully saturated rings. The summed E-state index contributed by atoms with van der Waals surface area (Å²) in [5.41, 5.74) is 2.99. The van der Waals surface area contributed by atoms with Crippen molar-refractivity contribution in [3.05, 3.63) is 54.0 Å². The molecule has 1 aromatic carbocycles. The number of carbonyl (C=O) groups is 1. The molecule has 1 unspecified atom stereocenters. The van der Waals surface area contributed by atoms with Crippen LogP contribution in [0.4, 0.5) is 0 Å². The predicted octanol–water partition coefficient (Wildman–Crippen LogP) is 3.00. The van der Waals surface area contributed by atoms with Gasteiger partial charge >= 0.3 is 0 Å². The Morgan fingerprint density at radius 1 is 1.29 bits per heavy atom. The second-order valence-corrected chi connectivity index (χ2v) is 7.48. The van der Waals surface area contributed by atoms with Crippen LogP contribution in [0.25, 0.3) is 11.2 Å². The van der Waals surface area contributed by atoms with Crippen molar-refractivity contribution in [2.24, 2.45) is 13.0 Å². The molecule has 1 amide bonds. The Morgan fingerprint density at radius 3 is 3.00 bits per heavy atom. The van der Waals surface area contributed by atoms with Gasteiger partial charge in [-0.05, 0) is 48.6 Å². The maximum absolute atomic E-state index is 12.6. The molecule has 3 aromatic rings. The van der Waals surface area contributed by atoms with Gasteiger partial charge in [-0.3, -0.25) is 4.79 Å². The van der Waals surface area contributed by atoms with Crippen LogP contribution in [0.15, 0.2) is 42.6 Å². The number of ether oxygens (including phenoxy) is 1. The van der Waals surface area contributed by atoms with Crippen molar-refractivity contribution in [2.75, 3.05) is 20.2 Å². The van der Waals surface area contributed by atoms with Crippen LogP contribution in [0.3, 0.4) is 0 Å². The van der Waals surface area contributed by atoms with Gasteiger partial charge in [0.05, 0.1) is 7.11 Å². The van der Waals surface area contributed by atoms with E-state index < -0.39 is 0 Å². The predicted molar refractivity (Wildman–Crippen MR) is 108 cm³/mol. The summed E-state index contributed by atoms with van der Waals surface area (Å²) in [6.07, 6.45) is 4.99. The Balaban J connectivity index is 1.33. The number of likely N-dealkylation sites (tertiary alicyclic amines) is 1. The third-order valence-corrected chi connectivity index (χ3v) is 5.59. The minimum absolute atomic E-state index is 0.233. The van der Waals surface area contributed by atoms with E-state index >= 15 is 0 Å². The molecule has 0 aliphatic carbocycles. The van der Waals surface area contributed by atoms with Crippen molar-refractivity contribution in [1.82, 2.24) is 19.4 Å². The summed E-state index contributed by atoms with van der Waals surface area (Å²) in [4.78, 5) is 23.8. The fraction of sp³-hybridized carbons (Fsp3) is 0.409. The van der Waals surface area contributed by atoms with E-state index in [2.05, 4.69) is 9.55 Å². The Kier molecular flexibility index (Phi) is 5.28. The van der Waals surface area contributed by atoms with Crippen LogP contribution in [-0.4, -0.2) is 45.5 Å². The first-order chi connectivity index (χ1) is 13.6. The number of imidazole rings is 1. The lowest BCUT2D eigenvalue weighted by molar-refractivity contribution is -0.130. The molecule has 3 heterocycles. The number of fused-ring (bicyclic) bond motifs is 1. The van der Waals surface area contributed by atoms with E-state index in [1.54, 1.807) is 13.3 Å². The summed E-state index contributed by atoms with van der Waals surface area (Å²) in [6, 6.07) is 11.8. The molecule has 1 atom stereocenters. The Morgan fingerprint density at radius 2 is 2.18 bits per heavy atom. The number of benzene rings is 1. The molecule has 0 N–H and O–H groups in total. The van der Waals surface area contributed by atoms with Gasteiger partial charge in [-0.25, -0.2) is 9.97 Å². The van der Waals surface area contributed by atoms with Crippen LogP contribution in [-0.2, 0) is 24.7 Å². The number of pyridine rings is 1. The number of hydrogen-bond donors (Lipinski definition) is 0. The number of aryl methyl sites for hydroxylation is 2. The van der Waals surface area contributed by atoms with Crippen molar-refractivity contribution in [2.45, 2.75) is 25.7 Å². The number of hydrogen-bond acceptors (Lipinski definition) is 4. The number of amides is 1. The zero-order chi connectivity index (χ0) is 19.5. The lowest BCUT2D eigenvalue weighted by Crippen LogP contribution is -2.29. The monoisotopic (exact) mass is 378 g/mol. The molecule has 28 heavy (non-hydrogen) atoms. The number of nitrogens with zero attached hydrogens (tertiary/aromatic N) is 4. The van der Waals surface area contributed by atoms with Crippen LogP contribution < -0.4 is 4.74 Å². The zero-order valence-corrected chi connectivity index (χ0v) is 16.5. The molecular formula is C22H26N4O2. The number of aromatic nitrogens is 3. The molecule has 1 aliphatic rings. The van der Waals surface area contributed by atoms with Crippen LogP contribution in [0.1, 0.15) is 24.2 Å². The highest BCUT2D eigenvalue weighted by atomic mass is 16.5. The average Bonchev–Trinajstić information content (AvgIpc) is 3.32. The fourth-order valence-electron chi connectivity index (χ4n) is 3.97. The van der Waals surface area contributed by atoms with E-state index in [-0.39, 0.29) is 5.91 Å². The van der Waals surface area contributed by atoms with Gasteiger partial charge in [0.15, 0.2) is 5.65 Å². The van der Waals surface area contributed by atoms with Crippen LogP contribution in [0.2, 0.25) is 0 Å². The second kappa shape index (κ2) is 8.00. The smallest absolute Gasteiger partial charge is 0.222 e. The SMILES string of the molecule is COc1cccc(CCC(=O)N2CCC(Cc3nc4cccnc4n3C)C2)c1. The van der Waals surface area contributed by atoms with Gasteiger partial charge in [-0.1, -0.05) is 12.1 Å². The number of methoxy groups -OCH3 is 1. The van der Waals surface area contributed by atoms with Gasteiger partial charge in [0, 0.05) is 39.2 Å². The first-order valence-electron chi connectivity index (χ1n) is 9.81. The summed E-state index contributed by atoms with van der Waals surface area (Å²) in [7, 11) is 3.68. The minimum Gasteiger partial charge on any atom is -0.497 e. The first kappa shape index (κ1) is 18.5. The zero-order valence-electron chi connectivity index (χ0n) is 16.5. The van der Waals surface area contributed by atoms with Gasteiger partial charge in [-0.2, -0.15) is 0 Å². The summed E-state index contributed by atoms with van der Waals surface area (Å²) in [5, 5.41) is 0. The molecule has 6 heteroatoms. The van der Waals surface area contributed by atoms with E-state index in [1.807, 2.05) is 48.3 Å². The molecule has 4 rings (SSSR count). The molecule has 0 spiro atoms. The third kappa shape index (κ3) is 3.86. The second-order valence-electron chi connectivity index (χ2n) is 7.48. The molecule has 0 bridgehead atoms. The maximum Gasteiger partial charge on any atom is 0.222 e. The third-order valence-electron chi connectivity index (χ3n) is 5.59. The largest absolute Gasteiger partial charge is 0.497 e. The molecule has 0 saturated carbocycles. The van der Waals surface area contributed by atoms with Gasteiger partial charge in [0.2, 0.25) is 5.91 Å². The topological polar surface area (TPSA) is 60.2 Å². The molecule has 146 valence electrons. The maximum atomic E-state index is 12.6. The highest BCUT2D eigenvalue weighted by Gasteiger charge is 2.27. The molecule has 0 radical (unpaired) electrons. The summed E-state index contributed by atoms with van der Waals surface area (Å²) in [5.74, 6) is 2.57. The van der Waals surface area contributed by atoms with E-state index in [9.17, 15) is 4.79 Å².